The van der Waals surface area contributed by atoms with Crippen molar-refractivity contribution in [1.82, 2.24) is 5.01 Å². The molecular weight excluding hydrogens is 577 g/mol. The van der Waals surface area contributed by atoms with Gasteiger partial charge in [-0.3, -0.25) is 19.7 Å². The number of nitrogens with zero attached hydrogens (tertiary/aromatic N) is 3. The molecule has 0 radical (unpaired) electrons. The van der Waals surface area contributed by atoms with Crippen LogP contribution in [0.4, 0.5) is 5.69 Å². The Morgan fingerprint density at radius 1 is 1.08 bits per heavy atom. The maximum Gasteiger partial charge on any atom is 0.269 e. The number of rotatable bonds is 8. The standard InChI is InChI=1S/C26H24IN3O6/c1-2-35-21-12-16(11-20(27)24(21)36-14-15-3-9-19(10-4-15)30(33)34)13-28-29-25(31)22-17-5-6-18(8-7-17)23(22)26(29)32/h3-6,9-13,17-18,22-23H,2,7-8,14H2,1H3/b28-13-/t17-,18-,22+,23+/m0/s1. The van der Waals surface area contributed by atoms with Crippen molar-refractivity contribution in [2.24, 2.45) is 28.8 Å². The molecule has 4 aliphatic rings. The molecule has 0 spiro atoms. The van der Waals surface area contributed by atoms with Gasteiger partial charge < -0.3 is 9.47 Å². The van der Waals surface area contributed by atoms with Crippen LogP contribution in [0.15, 0.2) is 53.7 Å². The normalized spacial score (nSPS) is 24.4. The van der Waals surface area contributed by atoms with Crippen LogP contribution >= 0.6 is 22.6 Å². The fraction of sp³-hybridized carbons (Fsp3) is 0.346. The molecule has 186 valence electrons. The third kappa shape index (κ3) is 4.49. The van der Waals surface area contributed by atoms with Crippen molar-refractivity contribution in [2.45, 2.75) is 26.4 Å². The van der Waals surface area contributed by atoms with E-state index in [1.165, 1.54) is 18.3 Å². The SMILES string of the molecule is CCOc1cc(/C=N\N2C(=O)[C@H]3[C@H](C2=O)[C@H]2C=C[C@H]3CC2)cc(I)c1OCc1ccc([N+](=O)[O-])cc1. The second-order valence-corrected chi connectivity index (χ2v) is 10.2. The van der Waals surface area contributed by atoms with Crippen molar-refractivity contribution < 1.29 is 24.0 Å². The molecule has 3 aliphatic carbocycles. The highest BCUT2D eigenvalue weighted by molar-refractivity contribution is 14.1. The molecular formula is C26H24IN3O6. The quantitative estimate of drug-likeness (QED) is 0.108. The number of non-ortho nitro benzene ring substituents is 1. The van der Waals surface area contributed by atoms with Gasteiger partial charge in [0, 0.05) is 12.1 Å². The smallest absolute Gasteiger partial charge is 0.269 e. The van der Waals surface area contributed by atoms with Crippen molar-refractivity contribution >= 4 is 46.3 Å². The number of fused-ring (bicyclic) bond motifs is 1. The molecule has 36 heavy (non-hydrogen) atoms. The van der Waals surface area contributed by atoms with E-state index in [0.29, 0.717) is 23.7 Å². The molecule has 0 aromatic heterocycles. The first kappa shape index (κ1) is 24.4. The Balaban J connectivity index is 1.33. The van der Waals surface area contributed by atoms with Crippen LogP contribution in [0.25, 0.3) is 0 Å². The number of ether oxygens (including phenoxy) is 2. The van der Waals surface area contributed by atoms with Gasteiger partial charge in [0.05, 0.1) is 33.2 Å². The Kier molecular flexibility index (Phi) is 6.78. The number of nitro benzene ring substituents is 1. The molecule has 2 bridgehead atoms. The van der Waals surface area contributed by atoms with Gasteiger partial charge in [0.15, 0.2) is 11.5 Å². The molecule has 2 aromatic rings. The van der Waals surface area contributed by atoms with Crippen LogP contribution in [0, 0.1) is 37.4 Å². The van der Waals surface area contributed by atoms with Crippen molar-refractivity contribution in [3.8, 4) is 11.5 Å². The fourth-order valence-corrected chi connectivity index (χ4v) is 6.01. The van der Waals surface area contributed by atoms with Gasteiger partial charge in [-0.05, 0) is 89.6 Å². The second kappa shape index (κ2) is 10.00. The van der Waals surface area contributed by atoms with E-state index in [0.717, 1.165) is 27.0 Å². The largest absolute Gasteiger partial charge is 0.490 e. The third-order valence-electron chi connectivity index (χ3n) is 6.92. The minimum Gasteiger partial charge on any atom is -0.490 e. The lowest BCUT2D eigenvalue weighted by atomic mass is 9.63. The van der Waals surface area contributed by atoms with E-state index in [1.54, 1.807) is 18.2 Å². The van der Waals surface area contributed by atoms with Crippen molar-refractivity contribution in [3.63, 3.8) is 0 Å². The minimum absolute atomic E-state index is 0.0186. The van der Waals surface area contributed by atoms with E-state index in [-0.39, 0.29) is 47.8 Å². The summed E-state index contributed by atoms with van der Waals surface area (Å²) in [5.74, 6) is 0.243. The summed E-state index contributed by atoms with van der Waals surface area (Å²) in [6.45, 7) is 2.48. The van der Waals surface area contributed by atoms with Crippen LogP contribution in [0.1, 0.15) is 30.9 Å². The zero-order chi connectivity index (χ0) is 25.4. The number of halogens is 1. The molecule has 1 aliphatic heterocycles. The monoisotopic (exact) mass is 601 g/mol. The van der Waals surface area contributed by atoms with E-state index in [4.69, 9.17) is 9.47 Å². The number of nitro groups is 1. The molecule has 9 nitrogen and oxygen atoms in total. The zero-order valence-electron chi connectivity index (χ0n) is 19.5. The number of hydrazone groups is 1. The number of amides is 2. The van der Waals surface area contributed by atoms with Crippen LogP contribution in [-0.4, -0.2) is 34.6 Å². The number of benzene rings is 2. The number of hydrogen-bond acceptors (Lipinski definition) is 7. The zero-order valence-corrected chi connectivity index (χ0v) is 21.7. The van der Waals surface area contributed by atoms with Gasteiger partial charge in [-0.2, -0.15) is 10.1 Å². The lowest BCUT2D eigenvalue weighted by Crippen LogP contribution is -2.38. The minimum atomic E-state index is -0.445. The summed E-state index contributed by atoms with van der Waals surface area (Å²) in [6, 6.07) is 9.76. The first-order chi connectivity index (χ1) is 17.4. The third-order valence-corrected chi connectivity index (χ3v) is 7.72. The number of hydrogen-bond donors (Lipinski definition) is 0. The number of allylic oxidation sites excluding steroid dienone is 2. The molecule has 2 aromatic carbocycles. The van der Waals surface area contributed by atoms with Gasteiger partial charge in [-0.15, -0.1) is 0 Å². The van der Waals surface area contributed by atoms with Crippen LogP contribution in [0.2, 0.25) is 0 Å². The van der Waals surface area contributed by atoms with Crippen molar-refractivity contribution in [3.05, 3.63) is 73.4 Å². The summed E-state index contributed by atoms with van der Waals surface area (Å²) in [4.78, 5) is 36.4. The highest BCUT2D eigenvalue weighted by Crippen LogP contribution is 2.49. The fourth-order valence-electron chi connectivity index (χ4n) is 5.23. The highest BCUT2D eigenvalue weighted by Gasteiger charge is 2.56. The Bertz CT molecular complexity index is 1240. The molecule has 6 rings (SSSR count). The number of imide groups is 1. The van der Waals surface area contributed by atoms with Crippen LogP contribution < -0.4 is 9.47 Å². The second-order valence-electron chi connectivity index (χ2n) is 9.05. The molecule has 2 fully saturated rings. The summed E-state index contributed by atoms with van der Waals surface area (Å²) >= 11 is 2.13. The predicted molar refractivity (Wildman–Crippen MR) is 140 cm³/mol. The average Bonchev–Trinajstić information content (AvgIpc) is 3.15. The first-order valence-electron chi connectivity index (χ1n) is 11.8. The van der Waals surface area contributed by atoms with Crippen LogP contribution in [0.3, 0.4) is 0 Å². The van der Waals surface area contributed by atoms with E-state index >= 15 is 0 Å². The molecule has 0 unspecified atom stereocenters. The molecule has 1 saturated heterocycles. The molecule has 2 amide bonds. The summed E-state index contributed by atoms with van der Waals surface area (Å²) in [6.07, 6.45) is 7.55. The molecule has 0 N–H and O–H groups in total. The molecule has 4 atom stereocenters. The highest BCUT2D eigenvalue weighted by atomic mass is 127. The van der Waals surface area contributed by atoms with Crippen LogP contribution in [-0.2, 0) is 16.2 Å². The average molecular weight is 601 g/mol. The lowest BCUT2D eigenvalue weighted by molar-refractivity contribution is -0.384. The Morgan fingerprint density at radius 2 is 1.72 bits per heavy atom. The number of carbonyl (C=O) groups is 2. The maximum absolute atomic E-state index is 13.0. The van der Waals surface area contributed by atoms with Crippen molar-refractivity contribution in [1.29, 1.82) is 0 Å². The first-order valence-corrected chi connectivity index (χ1v) is 12.9. The van der Waals surface area contributed by atoms with Gasteiger partial charge in [-0.1, -0.05) is 12.2 Å². The predicted octanol–water partition coefficient (Wildman–Crippen LogP) is 4.71. The van der Waals surface area contributed by atoms with E-state index < -0.39 is 4.92 Å². The van der Waals surface area contributed by atoms with Gasteiger partial charge in [0.1, 0.15) is 6.61 Å². The molecule has 1 saturated carbocycles. The van der Waals surface area contributed by atoms with E-state index in [9.17, 15) is 19.7 Å². The summed E-state index contributed by atoms with van der Waals surface area (Å²) < 4.78 is 12.5. The topological polar surface area (TPSA) is 111 Å². The summed E-state index contributed by atoms with van der Waals surface area (Å²) in [5.41, 5.74) is 1.47. The van der Waals surface area contributed by atoms with Crippen LogP contribution in [0.5, 0.6) is 11.5 Å². The van der Waals surface area contributed by atoms with Crippen molar-refractivity contribution in [2.75, 3.05) is 6.61 Å². The summed E-state index contributed by atoms with van der Waals surface area (Å²) in [7, 11) is 0. The Morgan fingerprint density at radius 3 is 2.28 bits per heavy atom. The van der Waals surface area contributed by atoms with E-state index in [1.807, 2.05) is 13.0 Å². The maximum atomic E-state index is 13.0. The summed E-state index contributed by atoms with van der Waals surface area (Å²) in [5, 5.41) is 16.2. The molecule has 1 heterocycles. The Labute approximate surface area is 221 Å². The lowest BCUT2D eigenvalue weighted by Gasteiger charge is -2.37. The van der Waals surface area contributed by atoms with Gasteiger partial charge in [0.2, 0.25) is 0 Å². The number of carbonyl (C=O) groups excluding carboxylic acids is 2. The van der Waals surface area contributed by atoms with E-state index in [2.05, 4.69) is 39.8 Å². The Hall–Kier alpha value is -3.28. The van der Waals surface area contributed by atoms with Gasteiger partial charge in [-0.25, -0.2) is 0 Å². The van der Waals surface area contributed by atoms with Gasteiger partial charge >= 0.3 is 0 Å². The van der Waals surface area contributed by atoms with Gasteiger partial charge in [0.25, 0.3) is 17.5 Å². The molecule has 10 heteroatoms.